The second kappa shape index (κ2) is 6.72. The molecule has 1 unspecified atom stereocenters. The summed E-state index contributed by atoms with van der Waals surface area (Å²) >= 11 is 0. The van der Waals surface area contributed by atoms with Gasteiger partial charge in [-0.2, -0.15) is 5.10 Å². The van der Waals surface area contributed by atoms with Gasteiger partial charge in [0, 0.05) is 23.9 Å². The molecule has 0 radical (unpaired) electrons. The highest BCUT2D eigenvalue weighted by Crippen LogP contribution is 2.32. The molecule has 4 aromatic rings. The summed E-state index contributed by atoms with van der Waals surface area (Å²) in [6, 6.07) is 10.7. The predicted octanol–water partition coefficient (Wildman–Crippen LogP) is 3.15. The molecule has 4 heterocycles. The van der Waals surface area contributed by atoms with E-state index < -0.39 is 0 Å². The second-order valence-electron chi connectivity index (χ2n) is 6.86. The van der Waals surface area contributed by atoms with Gasteiger partial charge in [-0.25, -0.2) is 13.9 Å². The van der Waals surface area contributed by atoms with Crippen molar-refractivity contribution in [1.29, 1.82) is 0 Å². The van der Waals surface area contributed by atoms with Crippen LogP contribution in [0.4, 0.5) is 10.2 Å². The number of rotatable bonds is 3. The quantitative estimate of drug-likeness (QED) is 0.593. The largest absolute Gasteiger partial charge is 0.377 e. The number of hydrogen-bond donors (Lipinski definition) is 1. The summed E-state index contributed by atoms with van der Waals surface area (Å²) in [5, 5.41) is 11.8. The molecular weight excluding hydrogens is 359 g/mol. The highest BCUT2D eigenvalue weighted by Gasteiger charge is 2.24. The van der Waals surface area contributed by atoms with E-state index in [1.807, 2.05) is 18.2 Å². The average Bonchev–Trinajstić information content (AvgIpc) is 3.37. The van der Waals surface area contributed by atoms with Crippen LogP contribution in [0.3, 0.4) is 0 Å². The minimum Gasteiger partial charge on any atom is -0.377 e. The molecule has 5 rings (SSSR count). The fourth-order valence-electron chi connectivity index (χ4n) is 3.62. The Balaban J connectivity index is 1.77. The molecule has 0 aliphatic carbocycles. The molecule has 3 aromatic heterocycles. The van der Waals surface area contributed by atoms with Crippen molar-refractivity contribution in [3.05, 3.63) is 54.6 Å². The van der Waals surface area contributed by atoms with E-state index in [2.05, 4.69) is 27.0 Å². The molecule has 0 spiro atoms. The average molecular weight is 378 g/mol. The second-order valence-corrected chi connectivity index (χ2v) is 6.86. The Kier molecular flexibility index (Phi) is 4.05. The molecular formula is C20H19FN6O. The summed E-state index contributed by atoms with van der Waals surface area (Å²) in [7, 11) is 0. The molecule has 0 saturated carbocycles. The van der Waals surface area contributed by atoms with Gasteiger partial charge in [-0.1, -0.05) is 18.2 Å². The Morgan fingerprint density at radius 2 is 2.11 bits per heavy atom. The van der Waals surface area contributed by atoms with Gasteiger partial charge in [0.1, 0.15) is 11.5 Å². The van der Waals surface area contributed by atoms with Crippen molar-refractivity contribution in [3.8, 4) is 22.5 Å². The van der Waals surface area contributed by atoms with Gasteiger partial charge >= 0.3 is 0 Å². The van der Waals surface area contributed by atoms with Crippen molar-refractivity contribution < 1.29 is 9.13 Å². The highest BCUT2D eigenvalue weighted by molar-refractivity contribution is 5.81. The zero-order valence-electron chi connectivity index (χ0n) is 15.3. The third-order valence-electron chi connectivity index (χ3n) is 5.06. The number of H-pyrrole nitrogens is 1. The minimum atomic E-state index is -0.289. The van der Waals surface area contributed by atoms with Gasteiger partial charge in [-0.3, -0.25) is 5.10 Å². The minimum absolute atomic E-state index is 0.172. The SMILES string of the molecule is CC1COCCN1c1cc(-c2ccccc2F)c2ncc(-c3ccn[nH]3)n2n1. The van der Waals surface area contributed by atoms with Crippen molar-refractivity contribution in [2.45, 2.75) is 13.0 Å². The van der Waals surface area contributed by atoms with E-state index in [0.717, 1.165) is 23.8 Å². The van der Waals surface area contributed by atoms with Gasteiger partial charge in [-0.05, 0) is 25.1 Å². The molecule has 1 aliphatic heterocycles. The van der Waals surface area contributed by atoms with Crippen LogP contribution >= 0.6 is 0 Å². The summed E-state index contributed by atoms with van der Waals surface area (Å²) in [5.74, 6) is 0.475. The van der Waals surface area contributed by atoms with Crippen LogP contribution in [0.15, 0.2) is 48.8 Å². The number of fused-ring (bicyclic) bond motifs is 1. The topological polar surface area (TPSA) is 71.3 Å². The number of hydrogen-bond acceptors (Lipinski definition) is 5. The number of ether oxygens (including phenoxy) is 1. The third kappa shape index (κ3) is 2.73. The molecule has 0 amide bonds. The number of benzene rings is 1. The number of aromatic nitrogens is 5. The lowest BCUT2D eigenvalue weighted by atomic mass is 10.1. The van der Waals surface area contributed by atoms with Gasteiger partial charge in [0.2, 0.25) is 0 Å². The fraction of sp³-hybridized carbons (Fsp3) is 0.250. The smallest absolute Gasteiger partial charge is 0.162 e. The Bertz CT molecular complexity index is 1120. The van der Waals surface area contributed by atoms with Crippen molar-refractivity contribution in [2.75, 3.05) is 24.7 Å². The van der Waals surface area contributed by atoms with E-state index in [1.54, 1.807) is 29.0 Å². The Morgan fingerprint density at radius 3 is 2.89 bits per heavy atom. The lowest BCUT2D eigenvalue weighted by molar-refractivity contribution is 0.0984. The van der Waals surface area contributed by atoms with Crippen LogP contribution in [0.5, 0.6) is 0 Å². The Hall–Kier alpha value is -3.26. The van der Waals surface area contributed by atoms with E-state index in [-0.39, 0.29) is 11.9 Å². The van der Waals surface area contributed by atoms with E-state index in [9.17, 15) is 4.39 Å². The normalized spacial score (nSPS) is 17.4. The van der Waals surface area contributed by atoms with Gasteiger partial charge in [0.15, 0.2) is 11.5 Å². The van der Waals surface area contributed by atoms with Crippen molar-refractivity contribution in [1.82, 2.24) is 24.8 Å². The van der Waals surface area contributed by atoms with Crippen LogP contribution in [0, 0.1) is 5.82 Å². The van der Waals surface area contributed by atoms with Gasteiger partial charge in [0.25, 0.3) is 0 Å². The van der Waals surface area contributed by atoms with Crippen molar-refractivity contribution >= 4 is 11.5 Å². The first-order chi connectivity index (χ1) is 13.7. The van der Waals surface area contributed by atoms with Crippen LogP contribution in [0.25, 0.3) is 28.2 Å². The first-order valence-electron chi connectivity index (χ1n) is 9.20. The molecule has 1 N–H and O–H groups in total. The summed E-state index contributed by atoms with van der Waals surface area (Å²) < 4.78 is 21.9. The van der Waals surface area contributed by atoms with E-state index in [0.29, 0.717) is 30.0 Å². The molecule has 8 heteroatoms. The number of aromatic amines is 1. The number of anilines is 1. The maximum atomic E-state index is 14.6. The maximum absolute atomic E-state index is 14.6. The monoisotopic (exact) mass is 378 g/mol. The van der Waals surface area contributed by atoms with Crippen LogP contribution in [-0.4, -0.2) is 50.6 Å². The summed E-state index contributed by atoms with van der Waals surface area (Å²) in [6.45, 7) is 4.09. The van der Waals surface area contributed by atoms with Crippen molar-refractivity contribution in [2.24, 2.45) is 0 Å². The number of morpholine rings is 1. The molecule has 1 aromatic carbocycles. The van der Waals surface area contributed by atoms with E-state index in [1.165, 1.54) is 6.07 Å². The standard InChI is InChI=1S/C20H19FN6O/c1-13-12-28-9-8-26(13)19-10-15(14-4-2-3-5-16(14)21)20-22-11-18(27(20)25-19)17-6-7-23-24-17/h2-7,10-11,13H,8-9,12H2,1H3,(H,23,24). The summed E-state index contributed by atoms with van der Waals surface area (Å²) in [4.78, 5) is 6.72. The number of halogens is 1. The van der Waals surface area contributed by atoms with Crippen LogP contribution in [0.2, 0.25) is 0 Å². The predicted molar refractivity (Wildman–Crippen MR) is 104 cm³/mol. The third-order valence-corrected chi connectivity index (χ3v) is 5.06. The van der Waals surface area contributed by atoms with E-state index in [4.69, 9.17) is 9.84 Å². The van der Waals surface area contributed by atoms with E-state index >= 15 is 0 Å². The van der Waals surface area contributed by atoms with Crippen molar-refractivity contribution in [3.63, 3.8) is 0 Å². The van der Waals surface area contributed by atoms with Crippen LogP contribution in [-0.2, 0) is 4.74 Å². The lowest BCUT2D eigenvalue weighted by Gasteiger charge is -2.34. The fourth-order valence-corrected chi connectivity index (χ4v) is 3.62. The molecule has 1 atom stereocenters. The molecule has 1 saturated heterocycles. The summed E-state index contributed by atoms with van der Waals surface area (Å²) in [5.41, 5.74) is 3.37. The molecule has 1 fully saturated rings. The highest BCUT2D eigenvalue weighted by atomic mass is 19.1. The van der Waals surface area contributed by atoms with Crippen LogP contribution in [0.1, 0.15) is 6.92 Å². The molecule has 142 valence electrons. The molecule has 0 bridgehead atoms. The number of imidazole rings is 1. The molecule has 28 heavy (non-hydrogen) atoms. The first kappa shape index (κ1) is 16.9. The molecule has 1 aliphatic rings. The zero-order chi connectivity index (χ0) is 19.1. The first-order valence-corrected chi connectivity index (χ1v) is 9.20. The number of nitrogens with zero attached hydrogens (tertiary/aromatic N) is 5. The lowest BCUT2D eigenvalue weighted by Crippen LogP contribution is -2.44. The van der Waals surface area contributed by atoms with Gasteiger partial charge < -0.3 is 9.64 Å². The van der Waals surface area contributed by atoms with Gasteiger partial charge in [0.05, 0.1) is 31.1 Å². The molecule has 7 nitrogen and oxygen atoms in total. The van der Waals surface area contributed by atoms with Gasteiger partial charge in [-0.15, -0.1) is 5.10 Å². The number of nitrogens with one attached hydrogen (secondary N) is 1. The maximum Gasteiger partial charge on any atom is 0.162 e. The zero-order valence-corrected chi connectivity index (χ0v) is 15.3. The summed E-state index contributed by atoms with van der Waals surface area (Å²) in [6.07, 6.45) is 3.41. The Morgan fingerprint density at radius 1 is 1.21 bits per heavy atom. The van der Waals surface area contributed by atoms with Crippen LogP contribution < -0.4 is 4.90 Å². The Labute approximate surface area is 160 Å².